The molecule has 1 unspecified atom stereocenters. The van der Waals surface area contributed by atoms with E-state index in [1.165, 1.54) is 11.8 Å². The van der Waals surface area contributed by atoms with Gasteiger partial charge in [0.15, 0.2) is 0 Å². The van der Waals surface area contributed by atoms with Gasteiger partial charge in [0.05, 0.1) is 12.3 Å². The molecular weight excluding hydrogens is 172 g/mol. The predicted octanol–water partition coefficient (Wildman–Crippen LogP) is 1.34. The van der Waals surface area contributed by atoms with Gasteiger partial charge in [-0.2, -0.15) is 0 Å². The Kier molecular flexibility index (Phi) is 4.04. The summed E-state index contributed by atoms with van der Waals surface area (Å²) in [6, 6.07) is 0. The van der Waals surface area contributed by atoms with Gasteiger partial charge < -0.3 is 5.11 Å². The van der Waals surface area contributed by atoms with Crippen LogP contribution in [0, 0.1) is 0 Å². The quantitative estimate of drug-likeness (QED) is 0.717. The molecule has 0 aliphatic carbocycles. The fraction of sp³-hybridized carbons (Fsp3) is 0.500. The van der Waals surface area contributed by atoms with E-state index in [1.807, 2.05) is 6.92 Å². The number of aliphatic hydroxyl groups excluding tert-OH is 1. The molecule has 66 valence electrons. The number of aliphatic hydroxyl groups is 1. The van der Waals surface area contributed by atoms with Gasteiger partial charge in [-0.15, -0.1) is 11.8 Å². The molecule has 0 radical (unpaired) electrons. The SMILES string of the molecule is CCC(O)CSc1cnccn1. The largest absolute Gasteiger partial charge is 0.392 e. The maximum atomic E-state index is 9.25. The van der Waals surface area contributed by atoms with Gasteiger partial charge in [0.25, 0.3) is 0 Å². The van der Waals surface area contributed by atoms with Crippen LogP contribution >= 0.6 is 11.8 Å². The average Bonchev–Trinajstić information content (AvgIpc) is 2.16. The third-order valence-corrected chi connectivity index (χ3v) is 2.49. The second-order valence-corrected chi connectivity index (χ2v) is 3.46. The molecule has 0 bridgehead atoms. The first-order valence-electron chi connectivity index (χ1n) is 3.89. The van der Waals surface area contributed by atoms with Crippen LogP contribution in [0.4, 0.5) is 0 Å². The summed E-state index contributed by atoms with van der Waals surface area (Å²) in [7, 11) is 0. The van der Waals surface area contributed by atoms with Crippen LogP contribution in [0.5, 0.6) is 0 Å². The van der Waals surface area contributed by atoms with Crippen molar-refractivity contribution in [2.75, 3.05) is 5.75 Å². The number of rotatable bonds is 4. The molecule has 1 aromatic heterocycles. The molecule has 1 heterocycles. The number of aromatic nitrogens is 2. The van der Waals surface area contributed by atoms with E-state index in [-0.39, 0.29) is 6.10 Å². The van der Waals surface area contributed by atoms with Gasteiger partial charge in [0.2, 0.25) is 0 Å². The van der Waals surface area contributed by atoms with Gasteiger partial charge in [-0.25, -0.2) is 4.98 Å². The van der Waals surface area contributed by atoms with Crippen LogP contribution in [0.3, 0.4) is 0 Å². The van der Waals surface area contributed by atoms with E-state index in [0.29, 0.717) is 5.75 Å². The monoisotopic (exact) mass is 184 g/mol. The van der Waals surface area contributed by atoms with Gasteiger partial charge in [-0.3, -0.25) is 4.98 Å². The highest BCUT2D eigenvalue weighted by atomic mass is 32.2. The van der Waals surface area contributed by atoms with E-state index in [4.69, 9.17) is 0 Å². The van der Waals surface area contributed by atoms with E-state index in [0.717, 1.165) is 11.4 Å². The molecule has 12 heavy (non-hydrogen) atoms. The Balaban J connectivity index is 2.33. The minimum atomic E-state index is -0.239. The summed E-state index contributed by atoms with van der Waals surface area (Å²) in [5, 5.41) is 10.1. The van der Waals surface area contributed by atoms with Crippen molar-refractivity contribution in [3.63, 3.8) is 0 Å². The third kappa shape index (κ3) is 3.19. The summed E-state index contributed by atoms with van der Waals surface area (Å²) in [6.45, 7) is 1.96. The van der Waals surface area contributed by atoms with Crippen molar-refractivity contribution in [2.45, 2.75) is 24.5 Å². The molecule has 0 aliphatic heterocycles. The van der Waals surface area contributed by atoms with Crippen molar-refractivity contribution < 1.29 is 5.11 Å². The van der Waals surface area contributed by atoms with Crippen molar-refractivity contribution >= 4 is 11.8 Å². The van der Waals surface area contributed by atoms with Crippen molar-refractivity contribution in [3.8, 4) is 0 Å². The van der Waals surface area contributed by atoms with E-state index in [9.17, 15) is 5.11 Å². The van der Waals surface area contributed by atoms with Gasteiger partial charge in [-0.05, 0) is 6.42 Å². The lowest BCUT2D eigenvalue weighted by atomic mass is 10.3. The lowest BCUT2D eigenvalue weighted by molar-refractivity contribution is 0.195. The summed E-state index contributed by atoms with van der Waals surface area (Å²) in [6.07, 6.45) is 5.54. The smallest absolute Gasteiger partial charge is 0.114 e. The fourth-order valence-electron chi connectivity index (χ4n) is 0.659. The standard InChI is InChI=1S/C8H12N2OS/c1-2-7(11)6-12-8-5-9-3-4-10-8/h3-5,7,11H,2,6H2,1H3. The molecule has 0 amide bonds. The molecule has 3 nitrogen and oxygen atoms in total. The second kappa shape index (κ2) is 5.11. The summed E-state index contributed by atoms with van der Waals surface area (Å²) in [5.41, 5.74) is 0. The van der Waals surface area contributed by atoms with Crippen LogP contribution in [0.2, 0.25) is 0 Å². The lowest BCUT2D eigenvalue weighted by Gasteiger charge is -2.04. The second-order valence-electron chi connectivity index (χ2n) is 2.42. The highest BCUT2D eigenvalue weighted by Crippen LogP contribution is 2.14. The maximum absolute atomic E-state index is 9.25. The molecule has 1 aromatic rings. The topological polar surface area (TPSA) is 46.0 Å². The van der Waals surface area contributed by atoms with E-state index >= 15 is 0 Å². The minimum Gasteiger partial charge on any atom is -0.392 e. The molecule has 1 atom stereocenters. The summed E-state index contributed by atoms with van der Waals surface area (Å²) in [4.78, 5) is 8.00. The molecule has 0 fully saturated rings. The Morgan fingerprint density at radius 1 is 1.58 bits per heavy atom. The van der Waals surface area contributed by atoms with Gasteiger partial charge in [0.1, 0.15) is 5.03 Å². The fourth-order valence-corrected chi connectivity index (χ4v) is 1.53. The molecular formula is C8H12N2OS. The van der Waals surface area contributed by atoms with E-state index < -0.39 is 0 Å². The molecule has 0 saturated heterocycles. The number of hydrogen-bond acceptors (Lipinski definition) is 4. The number of nitrogens with zero attached hydrogens (tertiary/aromatic N) is 2. The molecule has 4 heteroatoms. The van der Waals surface area contributed by atoms with Crippen LogP contribution in [0.15, 0.2) is 23.6 Å². The molecule has 0 saturated carbocycles. The van der Waals surface area contributed by atoms with Crippen LogP contribution in [-0.2, 0) is 0 Å². The summed E-state index contributed by atoms with van der Waals surface area (Å²) >= 11 is 1.53. The number of thioether (sulfide) groups is 1. The van der Waals surface area contributed by atoms with Crippen LogP contribution in [-0.4, -0.2) is 26.9 Å². The maximum Gasteiger partial charge on any atom is 0.114 e. The first-order chi connectivity index (χ1) is 5.83. The Morgan fingerprint density at radius 3 is 3.00 bits per heavy atom. The Bertz CT molecular complexity index is 218. The highest BCUT2D eigenvalue weighted by Gasteiger charge is 2.01. The number of hydrogen-bond donors (Lipinski definition) is 1. The summed E-state index contributed by atoms with van der Waals surface area (Å²) < 4.78 is 0. The Labute approximate surface area is 76.2 Å². The zero-order chi connectivity index (χ0) is 8.81. The zero-order valence-electron chi connectivity index (χ0n) is 6.97. The first kappa shape index (κ1) is 9.48. The molecule has 0 aromatic carbocycles. The third-order valence-electron chi connectivity index (χ3n) is 1.43. The highest BCUT2D eigenvalue weighted by molar-refractivity contribution is 7.99. The molecule has 1 N–H and O–H groups in total. The van der Waals surface area contributed by atoms with Crippen LogP contribution < -0.4 is 0 Å². The van der Waals surface area contributed by atoms with Gasteiger partial charge in [0, 0.05) is 18.1 Å². The van der Waals surface area contributed by atoms with Gasteiger partial charge >= 0.3 is 0 Å². The first-order valence-corrected chi connectivity index (χ1v) is 4.88. The van der Waals surface area contributed by atoms with E-state index in [2.05, 4.69) is 9.97 Å². The van der Waals surface area contributed by atoms with Crippen LogP contribution in [0.1, 0.15) is 13.3 Å². The molecule has 0 aliphatic rings. The van der Waals surface area contributed by atoms with Crippen molar-refractivity contribution in [3.05, 3.63) is 18.6 Å². The van der Waals surface area contributed by atoms with Crippen molar-refractivity contribution in [1.82, 2.24) is 9.97 Å². The van der Waals surface area contributed by atoms with Crippen molar-refractivity contribution in [2.24, 2.45) is 0 Å². The predicted molar refractivity (Wildman–Crippen MR) is 49.1 cm³/mol. The van der Waals surface area contributed by atoms with Crippen molar-refractivity contribution in [1.29, 1.82) is 0 Å². The van der Waals surface area contributed by atoms with Crippen LogP contribution in [0.25, 0.3) is 0 Å². The molecule has 1 rings (SSSR count). The minimum absolute atomic E-state index is 0.239. The zero-order valence-corrected chi connectivity index (χ0v) is 7.79. The summed E-state index contributed by atoms with van der Waals surface area (Å²) in [5.74, 6) is 0.690. The Morgan fingerprint density at radius 2 is 2.42 bits per heavy atom. The van der Waals surface area contributed by atoms with E-state index in [1.54, 1.807) is 18.6 Å². The molecule has 0 spiro atoms. The van der Waals surface area contributed by atoms with Gasteiger partial charge in [-0.1, -0.05) is 6.92 Å². The average molecular weight is 184 g/mol. The Hall–Kier alpha value is -0.610. The lowest BCUT2D eigenvalue weighted by Crippen LogP contribution is -2.07. The normalized spacial score (nSPS) is 12.8.